The molecule has 0 radical (unpaired) electrons. The average molecular weight is 229 g/mol. The molecule has 1 saturated carbocycles. The maximum atomic E-state index is 11.5. The summed E-state index contributed by atoms with van der Waals surface area (Å²) >= 11 is 0. The third-order valence-electron chi connectivity index (χ3n) is 3.21. The van der Waals surface area contributed by atoms with Crippen LogP contribution in [0, 0.1) is 5.41 Å². The Balaban J connectivity index is 2.06. The zero-order chi connectivity index (χ0) is 11.9. The van der Waals surface area contributed by atoms with Crippen LogP contribution in [0.3, 0.4) is 0 Å². The number of rotatable bonds is 8. The van der Waals surface area contributed by atoms with Crippen LogP contribution in [0.25, 0.3) is 0 Å². The number of nitrogens with two attached hydrogens (primary N) is 1. The quantitative estimate of drug-likeness (QED) is 0.506. The molecular weight excluding hydrogens is 206 g/mol. The first-order chi connectivity index (χ1) is 7.72. The summed E-state index contributed by atoms with van der Waals surface area (Å²) in [6.07, 6.45) is 4.77. The SMILES string of the molecule is CCCOCCOC(=O)CC1(CN)CCC1. The topological polar surface area (TPSA) is 61.5 Å². The predicted molar refractivity (Wildman–Crippen MR) is 62.0 cm³/mol. The molecule has 4 heteroatoms. The number of esters is 1. The van der Waals surface area contributed by atoms with Crippen LogP contribution < -0.4 is 5.73 Å². The van der Waals surface area contributed by atoms with Gasteiger partial charge in [0.25, 0.3) is 0 Å². The van der Waals surface area contributed by atoms with Gasteiger partial charge in [0.05, 0.1) is 13.0 Å². The molecular formula is C12H23NO3. The fourth-order valence-corrected chi connectivity index (χ4v) is 1.95. The molecule has 0 aliphatic heterocycles. The molecule has 0 aromatic rings. The summed E-state index contributed by atoms with van der Waals surface area (Å²) in [5.74, 6) is -0.134. The summed E-state index contributed by atoms with van der Waals surface area (Å²) < 4.78 is 10.3. The first-order valence-corrected chi connectivity index (χ1v) is 6.16. The summed E-state index contributed by atoms with van der Waals surface area (Å²) in [4.78, 5) is 11.5. The molecule has 94 valence electrons. The van der Waals surface area contributed by atoms with E-state index in [1.54, 1.807) is 0 Å². The highest BCUT2D eigenvalue weighted by Crippen LogP contribution is 2.43. The van der Waals surface area contributed by atoms with E-state index in [1.165, 1.54) is 6.42 Å². The summed E-state index contributed by atoms with van der Waals surface area (Å²) in [5.41, 5.74) is 5.72. The number of carbonyl (C=O) groups is 1. The Morgan fingerprint density at radius 2 is 2.06 bits per heavy atom. The van der Waals surface area contributed by atoms with Crippen molar-refractivity contribution in [2.75, 3.05) is 26.4 Å². The van der Waals surface area contributed by atoms with Gasteiger partial charge in [0.1, 0.15) is 6.61 Å². The van der Waals surface area contributed by atoms with Crippen molar-refractivity contribution >= 4 is 5.97 Å². The molecule has 0 aromatic heterocycles. The molecule has 0 saturated heterocycles. The molecule has 1 fully saturated rings. The number of carbonyl (C=O) groups excluding carboxylic acids is 1. The van der Waals surface area contributed by atoms with Crippen molar-refractivity contribution in [2.45, 2.75) is 39.0 Å². The summed E-state index contributed by atoms with van der Waals surface area (Å²) in [6.45, 7) is 4.22. The zero-order valence-corrected chi connectivity index (χ0v) is 10.2. The molecule has 1 aliphatic carbocycles. The smallest absolute Gasteiger partial charge is 0.306 e. The minimum absolute atomic E-state index is 0.0430. The second-order valence-electron chi connectivity index (χ2n) is 4.57. The minimum atomic E-state index is -0.134. The van der Waals surface area contributed by atoms with Crippen molar-refractivity contribution in [3.63, 3.8) is 0 Å². The van der Waals surface area contributed by atoms with Crippen molar-refractivity contribution in [1.29, 1.82) is 0 Å². The summed E-state index contributed by atoms with van der Waals surface area (Å²) in [5, 5.41) is 0. The van der Waals surface area contributed by atoms with Gasteiger partial charge in [0, 0.05) is 6.61 Å². The molecule has 16 heavy (non-hydrogen) atoms. The molecule has 0 spiro atoms. The van der Waals surface area contributed by atoms with Gasteiger partial charge < -0.3 is 15.2 Å². The van der Waals surface area contributed by atoms with E-state index < -0.39 is 0 Å². The lowest BCUT2D eigenvalue weighted by Gasteiger charge is -2.40. The van der Waals surface area contributed by atoms with Crippen LogP contribution in [-0.4, -0.2) is 32.3 Å². The third-order valence-corrected chi connectivity index (χ3v) is 3.21. The second-order valence-corrected chi connectivity index (χ2v) is 4.57. The lowest BCUT2D eigenvalue weighted by Crippen LogP contribution is -2.39. The fourth-order valence-electron chi connectivity index (χ4n) is 1.95. The molecule has 0 atom stereocenters. The van der Waals surface area contributed by atoms with Gasteiger partial charge in [-0.15, -0.1) is 0 Å². The van der Waals surface area contributed by atoms with E-state index in [4.69, 9.17) is 15.2 Å². The van der Waals surface area contributed by atoms with Crippen molar-refractivity contribution in [1.82, 2.24) is 0 Å². The van der Waals surface area contributed by atoms with Gasteiger partial charge in [-0.25, -0.2) is 0 Å². The zero-order valence-electron chi connectivity index (χ0n) is 10.2. The van der Waals surface area contributed by atoms with Gasteiger partial charge in [-0.1, -0.05) is 13.3 Å². The second kappa shape index (κ2) is 6.86. The van der Waals surface area contributed by atoms with E-state index in [2.05, 4.69) is 0 Å². The van der Waals surface area contributed by atoms with Gasteiger partial charge in [0.15, 0.2) is 0 Å². The predicted octanol–water partition coefficient (Wildman–Crippen LogP) is 1.48. The van der Waals surface area contributed by atoms with Crippen molar-refractivity contribution in [3.8, 4) is 0 Å². The van der Waals surface area contributed by atoms with Crippen LogP contribution >= 0.6 is 0 Å². The van der Waals surface area contributed by atoms with Crippen LogP contribution in [0.1, 0.15) is 39.0 Å². The van der Waals surface area contributed by atoms with Crippen LogP contribution in [-0.2, 0) is 14.3 Å². The maximum absolute atomic E-state index is 11.5. The lowest BCUT2D eigenvalue weighted by molar-refractivity contribution is -0.149. The van der Waals surface area contributed by atoms with Gasteiger partial charge in [-0.05, 0) is 31.2 Å². The standard InChI is InChI=1S/C12H23NO3/c1-2-6-15-7-8-16-11(14)9-12(10-13)4-3-5-12/h2-10,13H2,1H3. The molecule has 0 aromatic carbocycles. The van der Waals surface area contributed by atoms with Gasteiger partial charge in [-0.3, -0.25) is 4.79 Å². The Morgan fingerprint density at radius 3 is 2.56 bits per heavy atom. The normalized spacial score (nSPS) is 17.9. The van der Waals surface area contributed by atoms with E-state index in [1.807, 2.05) is 6.92 Å². The van der Waals surface area contributed by atoms with Crippen LogP contribution in [0.2, 0.25) is 0 Å². The maximum Gasteiger partial charge on any atom is 0.306 e. The van der Waals surface area contributed by atoms with Crippen LogP contribution in [0.5, 0.6) is 0 Å². The monoisotopic (exact) mass is 229 g/mol. The van der Waals surface area contributed by atoms with E-state index >= 15 is 0 Å². The molecule has 0 heterocycles. The Morgan fingerprint density at radius 1 is 1.31 bits per heavy atom. The molecule has 4 nitrogen and oxygen atoms in total. The van der Waals surface area contributed by atoms with Gasteiger partial charge >= 0.3 is 5.97 Å². The van der Waals surface area contributed by atoms with Gasteiger partial charge in [0.2, 0.25) is 0 Å². The summed E-state index contributed by atoms with van der Waals surface area (Å²) in [7, 11) is 0. The first kappa shape index (κ1) is 13.5. The van der Waals surface area contributed by atoms with E-state index in [9.17, 15) is 4.79 Å². The molecule has 0 bridgehead atoms. The number of ether oxygens (including phenoxy) is 2. The van der Waals surface area contributed by atoms with Crippen molar-refractivity contribution < 1.29 is 14.3 Å². The number of hydrogen-bond donors (Lipinski definition) is 1. The lowest BCUT2D eigenvalue weighted by atomic mass is 9.67. The van der Waals surface area contributed by atoms with Crippen LogP contribution in [0.15, 0.2) is 0 Å². The molecule has 1 rings (SSSR count). The van der Waals surface area contributed by atoms with E-state index in [0.717, 1.165) is 25.9 Å². The minimum Gasteiger partial charge on any atom is -0.463 e. The highest BCUT2D eigenvalue weighted by molar-refractivity contribution is 5.70. The first-order valence-electron chi connectivity index (χ1n) is 6.16. The third kappa shape index (κ3) is 4.10. The Bertz CT molecular complexity index is 209. The fraction of sp³-hybridized carbons (Fsp3) is 0.917. The van der Waals surface area contributed by atoms with Gasteiger partial charge in [-0.2, -0.15) is 0 Å². The number of hydrogen-bond acceptors (Lipinski definition) is 4. The van der Waals surface area contributed by atoms with E-state index in [-0.39, 0.29) is 11.4 Å². The van der Waals surface area contributed by atoms with Crippen LogP contribution in [0.4, 0.5) is 0 Å². The molecule has 1 aliphatic rings. The Kier molecular flexibility index (Phi) is 5.77. The molecule has 0 unspecified atom stereocenters. The Labute approximate surface area is 97.5 Å². The summed E-state index contributed by atoms with van der Waals surface area (Å²) in [6, 6.07) is 0. The average Bonchev–Trinajstić information content (AvgIpc) is 2.23. The molecule has 0 amide bonds. The van der Waals surface area contributed by atoms with E-state index in [0.29, 0.717) is 26.2 Å². The van der Waals surface area contributed by atoms with Crippen molar-refractivity contribution in [3.05, 3.63) is 0 Å². The molecule has 2 N–H and O–H groups in total. The Hall–Kier alpha value is -0.610. The highest BCUT2D eigenvalue weighted by Gasteiger charge is 2.37. The highest BCUT2D eigenvalue weighted by atomic mass is 16.6. The van der Waals surface area contributed by atoms with Crippen molar-refractivity contribution in [2.24, 2.45) is 11.1 Å². The largest absolute Gasteiger partial charge is 0.463 e.